The maximum absolute atomic E-state index is 13.0. The summed E-state index contributed by atoms with van der Waals surface area (Å²) >= 11 is 6.06. The lowest BCUT2D eigenvalue weighted by molar-refractivity contribution is -0.274. The SMILES string of the molecule is CC(CC(O)N1C2CC3(C)CC1CC(O)(C2)C3)c1c[nH]c2ccc(Cl)c(OC(F)(F)F)c12. The molecule has 3 N–H and O–H groups in total. The summed E-state index contributed by atoms with van der Waals surface area (Å²) in [4.78, 5) is 5.14. The summed E-state index contributed by atoms with van der Waals surface area (Å²) in [5.41, 5.74) is 0.589. The second-order valence-electron chi connectivity index (χ2n) is 10.5. The van der Waals surface area contributed by atoms with Gasteiger partial charge < -0.3 is 19.9 Å². The topological polar surface area (TPSA) is 68.7 Å². The van der Waals surface area contributed by atoms with Crippen molar-refractivity contribution in [3.63, 3.8) is 0 Å². The van der Waals surface area contributed by atoms with E-state index in [4.69, 9.17) is 11.6 Å². The number of rotatable bonds is 5. The molecule has 3 heterocycles. The molecule has 5 nitrogen and oxygen atoms in total. The van der Waals surface area contributed by atoms with E-state index < -0.39 is 23.9 Å². The molecule has 2 saturated heterocycles. The van der Waals surface area contributed by atoms with Gasteiger partial charge in [-0.15, -0.1) is 13.2 Å². The van der Waals surface area contributed by atoms with Crippen molar-refractivity contribution in [1.82, 2.24) is 9.88 Å². The van der Waals surface area contributed by atoms with Gasteiger partial charge in [0.15, 0.2) is 5.75 Å². The third kappa shape index (κ3) is 3.79. The van der Waals surface area contributed by atoms with Gasteiger partial charge in [0.25, 0.3) is 0 Å². The molecule has 4 bridgehead atoms. The van der Waals surface area contributed by atoms with Crippen molar-refractivity contribution in [1.29, 1.82) is 0 Å². The number of aliphatic hydroxyl groups excluding tert-OH is 1. The van der Waals surface area contributed by atoms with Crippen molar-refractivity contribution in [3.05, 3.63) is 28.9 Å². The average molecular weight is 473 g/mol. The zero-order valence-electron chi connectivity index (χ0n) is 18.0. The van der Waals surface area contributed by atoms with E-state index in [1.807, 2.05) is 6.92 Å². The Morgan fingerprint density at radius 3 is 2.50 bits per heavy atom. The zero-order chi connectivity index (χ0) is 23.1. The normalized spacial score (nSPS) is 34.2. The van der Waals surface area contributed by atoms with E-state index in [0.29, 0.717) is 30.3 Å². The highest BCUT2D eigenvalue weighted by Gasteiger charge is 2.59. The number of aromatic nitrogens is 1. The number of halogens is 4. The van der Waals surface area contributed by atoms with Gasteiger partial charge in [-0.05, 0) is 67.6 Å². The number of benzene rings is 1. The van der Waals surface area contributed by atoms with Gasteiger partial charge in [0.05, 0.1) is 10.6 Å². The highest BCUT2D eigenvalue weighted by atomic mass is 35.5. The Labute approximate surface area is 189 Å². The first-order valence-corrected chi connectivity index (χ1v) is 11.5. The van der Waals surface area contributed by atoms with Crippen molar-refractivity contribution < 1.29 is 28.1 Å². The van der Waals surface area contributed by atoms with Crippen molar-refractivity contribution >= 4 is 22.5 Å². The molecule has 2 aliphatic heterocycles. The molecule has 4 fully saturated rings. The van der Waals surface area contributed by atoms with Gasteiger partial charge >= 0.3 is 6.36 Å². The molecule has 4 aliphatic rings. The number of nitrogens with zero attached hydrogens (tertiary/aromatic N) is 1. The average Bonchev–Trinajstić information content (AvgIpc) is 3.05. The predicted molar refractivity (Wildman–Crippen MR) is 115 cm³/mol. The largest absolute Gasteiger partial charge is 0.573 e. The fourth-order valence-electron chi connectivity index (χ4n) is 6.98. The van der Waals surface area contributed by atoms with Crippen molar-refractivity contribution in [2.75, 3.05) is 0 Å². The lowest BCUT2D eigenvalue weighted by Gasteiger charge is -2.64. The molecule has 4 unspecified atom stereocenters. The van der Waals surface area contributed by atoms with Crippen LogP contribution in [0.25, 0.3) is 10.9 Å². The summed E-state index contributed by atoms with van der Waals surface area (Å²) in [5, 5.41) is 22.3. The molecule has 176 valence electrons. The summed E-state index contributed by atoms with van der Waals surface area (Å²) in [7, 11) is 0. The third-order valence-corrected chi connectivity index (χ3v) is 8.02. The number of aromatic amines is 1. The van der Waals surface area contributed by atoms with Crippen molar-refractivity contribution in [2.45, 2.75) is 88.6 Å². The Balaban J connectivity index is 1.40. The maximum atomic E-state index is 13.0. The molecular formula is C23H28ClF3N2O3. The number of hydrogen-bond acceptors (Lipinski definition) is 4. The van der Waals surface area contributed by atoms with Crippen LogP contribution in [0.2, 0.25) is 5.02 Å². The van der Waals surface area contributed by atoms with Crippen LogP contribution in [-0.4, -0.2) is 50.4 Å². The van der Waals surface area contributed by atoms with Gasteiger partial charge in [0, 0.05) is 29.2 Å². The minimum Gasteiger partial charge on any atom is -0.403 e. The lowest BCUT2D eigenvalue weighted by atomic mass is 9.54. The van der Waals surface area contributed by atoms with Crippen LogP contribution in [0.4, 0.5) is 13.2 Å². The smallest absolute Gasteiger partial charge is 0.403 e. The molecular weight excluding hydrogens is 445 g/mol. The minimum absolute atomic E-state index is 0.111. The van der Waals surface area contributed by atoms with Gasteiger partial charge in [-0.2, -0.15) is 0 Å². The van der Waals surface area contributed by atoms with Crippen LogP contribution in [0.5, 0.6) is 5.75 Å². The van der Waals surface area contributed by atoms with Crippen LogP contribution in [0.3, 0.4) is 0 Å². The van der Waals surface area contributed by atoms with E-state index >= 15 is 0 Å². The van der Waals surface area contributed by atoms with Crippen LogP contribution in [0, 0.1) is 5.41 Å². The molecule has 1 aromatic heterocycles. The summed E-state index contributed by atoms with van der Waals surface area (Å²) in [5.74, 6) is -0.664. The van der Waals surface area contributed by atoms with E-state index in [0.717, 1.165) is 19.3 Å². The van der Waals surface area contributed by atoms with E-state index in [2.05, 4.69) is 21.5 Å². The van der Waals surface area contributed by atoms with Crippen LogP contribution in [0.1, 0.15) is 63.9 Å². The number of H-pyrrole nitrogens is 1. The van der Waals surface area contributed by atoms with Crippen molar-refractivity contribution in [2.24, 2.45) is 5.41 Å². The third-order valence-electron chi connectivity index (χ3n) is 7.73. The number of aliphatic hydroxyl groups is 2. The predicted octanol–water partition coefficient (Wildman–Crippen LogP) is 5.30. The first kappa shape index (κ1) is 22.3. The standard InChI is InChI=1S/C23H28ClF3N2O3/c1-12(15-10-28-17-4-3-16(24)20(19(15)17)32-23(25,26)27)5-18(30)29-13-6-21(2)7-14(29)9-22(31,8-13)11-21/h3-4,10,12-14,18,28,30-31H,5-9,11H2,1-2H3. The lowest BCUT2D eigenvalue weighted by Crippen LogP contribution is -2.69. The van der Waals surface area contributed by atoms with Crippen LogP contribution < -0.4 is 4.74 Å². The first-order chi connectivity index (χ1) is 14.9. The van der Waals surface area contributed by atoms with Gasteiger partial charge in [-0.1, -0.05) is 25.4 Å². The second-order valence-corrected chi connectivity index (χ2v) is 10.9. The summed E-state index contributed by atoms with van der Waals surface area (Å²) in [6.45, 7) is 4.11. The molecule has 0 radical (unpaired) electrons. The highest BCUT2D eigenvalue weighted by molar-refractivity contribution is 6.33. The molecule has 2 aromatic rings. The molecule has 1 aromatic carbocycles. The molecule has 2 saturated carbocycles. The minimum atomic E-state index is -4.86. The van der Waals surface area contributed by atoms with Crippen LogP contribution in [-0.2, 0) is 0 Å². The number of hydrogen-bond donors (Lipinski definition) is 3. The zero-order valence-corrected chi connectivity index (χ0v) is 18.8. The first-order valence-electron chi connectivity index (χ1n) is 11.1. The Bertz CT molecular complexity index is 1000. The molecule has 2 aliphatic carbocycles. The maximum Gasteiger partial charge on any atom is 0.573 e. The number of piperidine rings is 2. The summed E-state index contributed by atoms with van der Waals surface area (Å²) in [6, 6.07) is 3.23. The molecule has 0 amide bonds. The van der Waals surface area contributed by atoms with Gasteiger partial charge in [0.1, 0.15) is 6.23 Å². The Morgan fingerprint density at radius 2 is 1.91 bits per heavy atom. The van der Waals surface area contributed by atoms with Crippen LogP contribution in [0.15, 0.2) is 18.3 Å². The fourth-order valence-corrected chi connectivity index (χ4v) is 7.17. The van der Waals surface area contributed by atoms with Gasteiger partial charge in [-0.25, -0.2) is 0 Å². The summed E-state index contributed by atoms with van der Waals surface area (Å²) < 4.78 is 43.3. The van der Waals surface area contributed by atoms with E-state index in [-0.39, 0.29) is 33.8 Å². The molecule has 4 atom stereocenters. The Kier molecular flexibility index (Phi) is 5.06. The fraction of sp³-hybridized carbons (Fsp3) is 0.652. The molecule has 32 heavy (non-hydrogen) atoms. The monoisotopic (exact) mass is 472 g/mol. The molecule has 6 rings (SSSR count). The number of fused-ring (bicyclic) bond motifs is 1. The Morgan fingerprint density at radius 1 is 1.25 bits per heavy atom. The van der Waals surface area contributed by atoms with Gasteiger partial charge in [-0.3, -0.25) is 4.90 Å². The van der Waals surface area contributed by atoms with Gasteiger partial charge in [0.2, 0.25) is 0 Å². The van der Waals surface area contributed by atoms with E-state index in [9.17, 15) is 23.4 Å². The molecule has 9 heteroatoms. The Hall–Kier alpha value is -1.48. The van der Waals surface area contributed by atoms with Crippen molar-refractivity contribution in [3.8, 4) is 5.75 Å². The van der Waals surface area contributed by atoms with Crippen LogP contribution >= 0.6 is 11.6 Å². The molecule has 0 spiro atoms. The number of alkyl halides is 3. The quantitative estimate of drug-likeness (QED) is 0.552. The number of nitrogens with one attached hydrogen (secondary N) is 1. The number of ether oxygens (including phenoxy) is 1. The van der Waals surface area contributed by atoms with E-state index in [1.54, 1.807) is 12.3 Å². The van der Waals surface area contributed by atoms with E-state index in [1.165, 1.54) is 6.07 Å². The highest BCUT2D eigenvalue weighted by Crippen LogP contribution is 2.58. The second kappa shape index (κ2) is 7.26. The summed E-state index contributed by atoms with van der Waals surface area (Å²) in [6.07, 6.45) is 0.456.